The third-order valence-corrected chi connectivity index (χ3v) is 2.56. The quantitative estimate of drug-likeness (QED) is 0.563. The minimum Gasteiger partial charge on any atom is -0.328 e. The molecular formula is C5H9N2OS. The Morgan fingerprint density at radius 2 is 2.67 bits per heavy atom. The summed E-state index contributed by atoms with van der Waals surface area (Å²) in [5.74, 6) is 0.997. The van der Waals surface area contributed by atoms with Gasteiger partial charge in [-0.1, -0.05) is 0 Å². The first-order valence-electron chi connectivity index (χ1n) is 2.84. The van der Waals surface area contributed by atoms with Crippen LogP contribution in [0.15, 0.2) is 0 Å². The van der Waals surface area contributed by atoms with Crippen LogP contribution < -0.4 is 5.73 Å². The SMILES string of the molecule is NCC1SCCN1[C]=O. The highest BCUT2D eigenvalue weighted by molar-refractivity contribution is 8.00. The molecule has 1 heterocycles. The van der Waals surface area contributed by atoms with Gasteiger partial charge in [0.2, 0.25) is 0 Å². The van der Waals surface area contributed by atoms with Crippen LogP contribution in [0.25, 0.3) is 0 Å². The maximum atomic E-state index is 10.1. The molecule has 51 valence electrons. The van der Waals surface area contributed by atoms with Crippen LogP contribution in [-0.2, 0) is 4.79 Å². The van der Waals surface area contributed by atoms with Crippen LogP contribution in [-0.4, -0.2) is 35.5 Å². The van der Waals surface area contributed by atoms with E-state index in [4.69, 9.17) is 5.73 Å². The molecule has 0 aliphatic carbocycles. The summed E-state index contributed by atoms with van der Waals surface area (Å²) in [7, 11) is 0. The summed E-state index contributed by atoms with van der Waals surface area (Å²) in [6.07, 6.45) is 1.85. The molecular weight excluding hydrogens is 136 g/mol. The zero-order chi connectivity index (χ0) is 6.69. The smallest absolute Gasteiger partial charge is 0.313 e. The molecule has 1 radical (unpaired) electrons. The predicted octanol–water partition coefficient (Wildman–Crippen LogP) is -0.613. The normalized spacial score (nSPS) is 26.8. The van der Waals surface area contributed by atoms with Crippen molar-refractivity contribution in [3.63, 3.8) is 0 Å². The highest BCUT2D eigenvalue weighted by Crippen LogP contribution is 2.20. The van der Waals surface area contributed by atoms with Gasteiger partial charge < -0.3 is 10.6 Å². The summed E-state index contributed by atoms with van der Waals surface area (Å²) >= 11 is 1.71. The van der Waals surface area contributed by atoms with Gasteiger partial charge in [-0.3, -0.25) is 4.79 Å². The Morgan fingerprint density at radius 3 is 3.11 bits per heavy atom. The molecule has 0 saturated carbocycles. The van der Waals surface area contributed by atoms with Crippen LogP contribution in [0.4, 0.5) is 0 Å². The molecule has 0 aromatic rings. The Hall–Kier alpha value is -0.220. The standard InChI is InChI=1S/C5H9N2OS/c6-3-5-7(4-8)1-2-9-5/h5H,1-3,6H2. The lowest BCUT2D eigenvalue weighted by atomic mass is 10.5. The Morgan fingerprint density at radius 1 is 1.89 bits per heavy atom. The van der Waals surface area contributed by atoms with E-state index in [0.717, 1.165) is 12.3 Å². The van der Waals surface area contributed by atoms with E-state index in [0.29, 0.717) is 6.54 Å². The average molecular weight is 145 g/mol. The summed E-state index contributed by atoms with van der Waals surface area (Å²) in [6.45, 7) is 1.34. The second-order valence-corrected chi connectivity index (χ2v) is 3.13. The van der Waals surface area contributed by atoms with Crippen molar-refractivity contribution in [3.05, 3.63) is 0 Å². The zero-order valence-corrected chi connectivity index (χ0v) is 5.86. The van der Waals surface area contributed by atoms with E-state index < -0.39 is 0 Å². The van der Waals surface area contributed by atoms with Gasteiger partial charge in [0.15, 0.2) is 0 Å². The first kappa shape index (κ1) is 6.89. The van der Waals surface area contributed by atoms with E-state index in [1.807, 2.05) is 6.41 Å². The molecule has 9 heavy (non-hydrogen) atoms. The van der Waals surface area contributed by atoms with Crippen molar-refractivity contribution in [1.82, 2.24) is 4.90 Å². The number of hydrogen-bond donors (Lipinski definition) is 1. The highest BCUT2D eigenvalue weighted by atomic mass is 32.2. The summed E-state index contributed by atoms with van der Waals surface area (Å²) in [4.78, 5) is 11.7. The molecule has 4 heteroatoms. The fourth-order valence-corrected chi connectivity index (χ4v) is 1.86. The van der Waals surface area contributed by atoms with Gasteiger partial charge in [-0.25, -0.2) is 0 Å². The number of nitrogens with two attached hydrogens (primary N) is 1. The maximum absolute atomic E-state index is 10.1. The minimum absolute atomic E-state index is 0.183. The number of rotatable bonds is 2. The molecule has 1 aliphatic heterocycles. The van der Waals surface area contributed by atoms with Gasteiger partial charge in [0.25, 0.3) is 0 Å². The lowest BCUT2D eigenvalue weighted by Crippen LogP contribution is -2.32. The van der Waals surface area contributed by atoms with Gasteiger partial charge in [0.05, 0.1) is 5.37 Å². The van der Waals surface area contributed by atoms with Crippen molar-refractivity contribution in [2.45, 2.75) is 5.37 Å². The van der Waals surface area contributed by atoms with Crippen molar-refractivity contribution in [2.24, 2.45) is 5.73 Å². The molecule has 1 unspecified atom stereocenters. The maximum Gasteiger partial charge on any atom is 0.313 e. The van der Waals surface area contributed by atoms with Gasteiger partial charge in [-0.15, -0.1) is 11.8 Å². The molecule has 1 saturated heterocycles. The van der Waals surface area contributed by atoms with E-state index in [-0.39, 0.29) is 5.37 Å². The number of nitrogens with zero attached hydrogens (tertiary/aromatic N) is 1. The third-order valence-electron chi connectivity index (χ3n) is 1.31. The Bertz CT molecular complexity index is 109. The number of hydrogen-bond acceptors (Lipinski definition) is 3. The van der Waals surface area contributed by atoms with Crippen LogP contribution >= 0.6 is 11.8 Å². The van der Waals surface area contributed by atoms with Crippen molar-refractivity contribution in [3.8, 4) is 0 Å². The summed E-state index contributed by atoms with van der Waals surface area (Å²) < 4.78 is 0. The molecule has 1 rings (SSSR count). The predicted molar refractivity (Wildman–Crippen MR) is 37.7 cm³/mol. The molecule has 1 atom stereocenters. The van der Waals surface area contributed by atoms with E-state index in [1.54, 1.807) is 16.7 Å². The minimum atomic E-state index is 0.183. The second kappa shape index (κ2) is 3.08. The summed E-state index contributed by atoms with van der Waals surface area (Å²) in [6, 6.07) is 0. The molecule has 0 aromatic carbocycles. The van der Waals surface area contributed by atoms with Gasteiger partial charge in [-0.2, -0.15) is 0 Å². The van der Waals surface area contributed by atoms with E-state index in [9.17, 15) is 4.79 Å². The molecule has 0 aromatic heterocycles. The molecule has 1 aliphatic rings. The van der Waals surface area contributed by atoms with Crippen molar-refractivity contribution in [1.29, 1.82) is 0 Å². The topological polar surface area (TPSA) is 46.3 Å². The molecule has 1 fully saturated rings. The number of carbonyl (C=O) groups excluding carboxylic acids is 1. The van der Waals surface area contributed by atoms with Crippen LogP contribution in [0, 0.1) is 0 Å². The summed E-state index contributed by atoms with van der Waals surface area (Å²) in [5, 5.41) is 0.183. The van der Waals surface area contributed by atoms with E-state index in [2.05, 4.69) is 0 Å². The Balaban J connectivity index is 2.41. The third kappa shape index (κ3) is 1.37. The largest absolute Gasteiger partial charge is 0.328 e. The van der Waals surface area contributed by atoms with Crippen LogP contribution in [0.3, 0.4) is 0 Å². The lowest BCUT2D eigenvalue weighted by molar-refractivity contribution is 0.397. The first-order valence-corrected chi connectivity index (χ1v) is 3.89. The van der Waals surface area contributed by atoms with Crippen molar-refractivity contribution in [2.75, 3.05) is 18.8 Å². The van der Waals surface area contributed by atoms with Gasteiger partial charge >= 0.3 is 6.41 Å². The summed E-state index contributed by atoms with van der Waals surface area (Å²) in [5.41, 5.74) is 5.36. The monoisotopic (exact) mass is 145 g/mol. The Kier molecular flexibility index (Phi) is 2.36. The zero-order valence-electron chi connectivity index (χ0n) is 5.04. The molecule has 2 N–H and O–H groups in total. The second-order valence-electron chi connectivity index (χ2n) is 1.85. The Labute approximate surface area is 58.6 Å². The van der Waals surface area contributed by atoms with Crippen molar-refractivity contribution < 1.29 is 4.79 Å². The van der Waals surface area contributed by atoms with E-state index in [1.165, 1.54) is 0 Å². The first-order chi connectivity index (χ1) is 4.38. The van der Waals surface area contributed by atoms with E-state index >= 15 is 0 Å². The van der Waals surface area contributed by atoms with Crippen LogP contribution in [0.2, 0.25) is 0 Å². The average Bonchev–Trinajstić information content (AvgIpc) is 2.33. The van der Waals surface area contributed by atoms with Gasteiger partial charge in [0.1, 0.15) is 0 Å². The van der Waals surface area contributed by atoms with Crippen LogP contribution in [0.5, 0.6) is 0 Å². The number of thioether (sulfide) groups is 1. The fourth-order valence-electron chi connectivity index (χ4n) is 0.821. The molecule has 0 spiro atoms. The van der Waals surface area contributed by atoms with Crippen LogP contribution in [0.1, 0.15) is 0 Å². The van der Waals surface area contributed by atoms with Crippen molar-refractivity contribution >= 4 is 18.2 Å². The van der Waals surface area contributed by atoms with Gasteiger partial charge in [-0.05, 0) is 0 Å². The molecule has 1 amide bonds. The lowest BCUT2D eigenvalue weighted by Gasteiger charge is -2.14. The fraction of sp³-hybridized carbons (Fsp3) is 0.800. The van der Waals surface area contributed by atoms with Gasteiger partial charge in [0, 0.05) is 18.8 Å². The molecule has 3 nitrogen and oxygen atoms in total. The highest BCUT2D eigenvalue weighted by Gasteiger charge is 2.22. The molecule has 0 bridgehead atoms. The number of amides is 1.